The lowest BCUT2D eigenvalue weighted by atomic mass is 9.67. The Kier molecular flexibility index (Phi) is 3.46. The van der Waals surface area contributed by atoms with Gasteiger partial charge in [0.25, 0.3) is 0 Å². The first kappa shape index (κ1) is 17.3. The molecule has 0 radical (unpaired) electrons. The Balaban J connectivity index is 1.67. The van der Waals surface area contributed by atoms with Crippen molar-refractivity contribution < 1.29 is 19.4 Å². The van der Waals surface area contributed by atoms with E-state index in [1.165, 1.54) is 4.90 Å². The number of hydrogen-bond donors (Lipinski definition) is 1. The van der Waals surface area contributed by atoms with Crippen LogP contribution in [0.1, 0.15) is 31.7 Å². The lowest BCUT2D eigenvalue weighted by molar-refractivity contribution is -0.131. The number of imide groups is 1. The third-order valence-corrected chi connectivity index (χ3v) is 6.65. The molecule has 5 rings (SSSR count). The van der Waals surface area contributed by atoms with Gasteiger partial charge in [-0.15, -0.1) is 0 Å². The van der Waals surface area contributed by atoms with Crippen molar-refractivity contribution in [2.45, 2.75) is 37.4 Å². The zero-order valence-corrected chi connectivity index (χ0v) is 15.4. The summed E-state index contributed by atoms with van der Waals surface area (Å²) in [6, 6.07) is 8.83. The Bertz CT molecular complexity index is 1070. The first-order chi connectivity index (χ1) is 13.5. The van der Waals surface area contributed by atoms with Crippen LogP contribution in [0.5, 0.6) is 0 Å². The van der Waals surface area contributed by atoms with E-state index >= 15 is 0 Å². The van der Waals surface area contributed by atoms with Gasteiger partial charge in [0.2, 0.25) is 11.8 Å². The minimum Gasteiger partial charge on any atom is -0.396 e. The molecule has 1 aromatic heterocycles. The summed E-state index contributed by atoms with van der Waals surface area (Å²) in [4.78, 5) is 32.4. The van der Waals surface area contributed by atoms with Crippen LogP contribution in [0.25, 0.3) is 10.9 Å². The van der Waals surface area contributed by atoms with Crippen LogP contribution in [0, 0.1) is 23.2 Å². The van der Waals surface area contributed by atoms with Gasteiger partial charge in [-0.3, -0.25) is 14.6 Å². The molecule has 4 atom stereocenters. The lowest BCUT2D eigenvalue weighted by Gasteiger charge is -2.30. The molecule has 2 bridgehead atoms. The van der Waals surface area contributed by atoms with Gasteiger partial charge in [0, 0.05) is 24.6 Å². The predicted molar refractivity (Wildman–Crippen MR) is 99.1 cm³/mol. The number of carbonyl (C=O) groups excluding carboxylic acids is 2. The third-order valence-electron chi connectivity index (χ3n) is 6.65. The number of carbonyl (C=O) groups is 2. The topological polar surface area (TPSA) is 104 Å². The Morgan fingerprint density at radius 2 is 2.07 bits per heavy atom. The van der Waals surface area contributed by atoms with Crippen molar-refractivity contribution in [3.8, 4) is 6.07 Å². The normalized spacial score (nSPS) is 33.5. The number of benzene rings is 1. The van der Waals surface area contributed by atoms with Gasteiger partial charge >= 0.3 is 0 Å². The van der Waals surface area contributed by atoms with Crippen LogP contribution in [0.3, 0.4) is 0 Å². The predicted octanol–water partition coefficient (Wildman–Crippen LogP) is 1.92. The minimum absolute atomic E-state index is 0.0928. The Hall–Kier alpha value is -2.82. The van der Waals surface area contributed by atoms with Crippen molar-refractivity contribution in [2.24, 2.45) is 11.8 Å². The molecule has 0 spiro atoms. The smallest absolute Gasteiger partial charge is 0.240 e. The van der Waals surface area contributed by atoms with Crippen molar-refractivity contribution in [2.75, 3.05) is 11.5 Å². The fourth-order valence-corrected chi connectivity index (χ4v) is 5.48. The van der Waals surface area contributed by atoms with E-state index in [2.05, 4.69) is 11.1 Å². The van der Waals surface area contributed by atoms with Gasteiger partial charge in [0.1, 0.15) is 6.07 Å². The SMILES string of the molecule is C[C@]12CC[C@](CCO)(O1)[C@H]1C(=O)N(c3ccc(C#N)c4ncccc34)C(=O)[C@@H]12. The van der Waals surface area contributed by atoms with E-state index in [1.807, 2.05) is 6.92 Å². The van der Waals surface area contributed by atoms with Crippen molar-refractivity contribution in [1.82, 2.24) is 4.98 Å². The highest BCUT2D eigenvalue weighted by molar-refractivity contribution is 6.26. The second kappa shape index (κ2) is 5.60. The van der Waals surface area contributed by atoms with E-state index in [4.69, 9.17) is 4.74 Å². The number of amides is 2. The van der Waals surface area contributed by atoms with Crippen molar-refractivity contribution in [3.63, 3.8) is 0 Å². The summed E-state index contributed by atoms with van der Waals surface area (Å²) in [5, 5.41) is 19.5. The first-order valence-corrected chi connectivity index (χ1v) is 9.42. The number of hydrogen-bond acceptors (Lipinski definition) is 6. The molecule has 7 nitrogen and oxygen atoms in total. The van der Waals surface area contributed by atoms with Crippen LogP contribution < -0.4 is 4.90 Å². The molecule has 2 aromatic rings. The van der Waals surface area contributed by atoms with Crippen LogP contribution >= 0.6 is 0 Å². The quantitative estimate of drug-likeness (QED) is 0.820. The van der Waals surface area contributed by atoms with Crippen molar-refractivity contribution >= 4 is 28.4 Å². The number of anilines is 1. The standard InChI is InChI=1S/C21H19N3O4/c1-20-6-7-21(28-20,8-10-25)16-15(20)18(26)24(19(16)27)14-5-4-12(11-22)17-13(14)3-2-9-23-17/h2-5,9,15-16,25H,6-8,10H2,1H3/t15-,16-,20-,21-/m1/s1. The molecule has 7 heteroatoms. The highest BCUT2D eigenvalue weighted by Gasteiger charge is 2.73. The number of pyridine rings is 1. The van der Waals surface area contributed by atoms with E-state index in [9.17, 15) is 20.0 Å². The Morgan fingerprint density at radius 1 is 1.29 bits per heavy atom. The number of ether oxygens (including phenoxy) is 1. The van der Waals surface area contributed by atoms with Crippen molar-refractivity contribution in [1.29, 1.82) is 5.26 Å². The van der Waals surface area contributed by atoms with Gasteiger partial charge in [-0.25, -0.2) is 4.90 Å². The number of aliphatic hydroxyl groups is 1. The summed E-state index contributed by atoms with van der Waals surface area (Å²) in [6.45, 7) is 1.80. The van der Waals surface area contributed by atoms with Gasteiger partial charge in [0.05, 0.1) is 39.8 Å². The molecule has 142 valence electrons. The fourth-order valence-electron chi connectivity index (χ4n) is 5.48. The summed E-state index contributed by atoms with van der Waals surface area (Å²) in [6.07, 6.45) is 3.28. The zero-order valence-electron chi connectivity index (χ0n) is 15.4. The summed E-state index contributed by atoms with van der Waals surface area (Å²) in [7, 11) is 0. The van der Waals surface area contributed by atoms with Gasteiger partial charge in [-0.1, -0.05) is 0 Å². The molecule has 0 unspecified atom stereocenters. The lowest BCUT2D eigenvalue weighted by Crippen LogP contribution is -2.42. The molecule has 28 heavy (non-hydrogen) atoms. The van der Waals surface area contributed by atoms with Crippen LogP contribution in [-0.2, 0) is 14.3 Å². The van der Waals surface area contributed by atoms with Gasteiger partial charge in [-0.05, 0) is 44.0 Å². The van der Waals surface area contributed by atoms with Gasteiger partial charge in [-0.2, -0.15) is 5.26 Å². The average Bonchev–Trinajstić information content (AvgIpc) is 3.26. The molecule has 4 heterocycles. The van der Waals surface area contributed by atoms with Crippen LogP contribution in [0.2, 0.25) is 0 Å². The largest absolute Gasteiger partial charge is 0.396 e. The molecule has 2 amide bonds. The average molecular weight is 377 g/mol. The van der Waals surface area contributed by atoms with Crippen LogP contribution in [0.4, 0.5) is 5.69 Å². The number of nitrogens with zero attached hydrogens (tertiary/aromatic N) is 3. The van der Waals surface area contributed by atoms with E-state index in [1.54, 1.807) is 30.5 Å². The highest BCUT2D eigenvalue weighted by Crippen LogP contribution is 2.62. The molecular weight excluding hydrogens is 358 g/mol. The maximum absolute atomic E-state index is 13.5. The number of aliphatic hydroxyl groups excluding tert-OH is 1. The molecule has 1 aromatic carbocycles. The Morgan fingerprint density at radius 3 is 2.82 bits per heavy atom. The van der Waals surface area contributed by atoms with Crippen LogP contribution in [0.15, 0.2) is 30.5 Å². The molecule has 1 N–H and O–H groups in total. The summed E-state index contributed by atoms with van der Waals surface area (Å²) in [5.74, 6) is -1.70. The fraction of sp³-hybridized carbons (Fsp3) is 0.429. The summed E-state index contributed by atoms with van der Waals surface area (Å²) in [5.41, 5.74) is -0.159. The molecule has 3 aliphatic heterocycles. The van der Waals surface area contributed by atoms with Gasteiger partial charge in [0.15, 0.2) is 0 Å². The highest BCUT2D eigenvalue weighted by atomic mass is 16.5. The molecule has 3 aliphatic rings. The molecule has 0 saturated carbocycles. The molecule has 3 saturated heterocycles. The van der Waals surface area contributed by atoms with Gasteiger partial charge < -0.3 is 9.84 Å². The number of nitriles is 1. The number of aromatic nitrogens is 1. The third kappa shape index (κ3) is 1.96. The van der Waals surface area contributed by atoms with Crippen LogP contribution in [-0.4, -0.2) is 39.7 Å². The van der Waals surface area contributed by atoms with E-state index in [0.29, 0.717) is 41.4 Å². The van der Waals surface area contributed by atoms with E-state index < -0.39 is 23.0 Å². The first-order valence-electron chi connectivity index (χ1n) is 9.42. The summed E-state index contributed by atoms with van der Waals surface area (Å²) < 4.78 is 6.22. The Labute approximate surface area is 161 Å². The van der Waals surface area contributed by atoms with E-state index in [-0.39, 0.29) is 18.4 Å². The second-order valence-corrected chi connectivity index (χ2v) is 8.06. The second-order valence-electron chi connectivity index (χ2n) is 8.06. The molecular formula is C21H19N3O4. The molecule has 3 fully saturated rings. The monoisotopic (exact) mass is 377 g/mol. The molecule has 0 aliphatic carbocycles. The van der Waals surface area contributed by atoms with Crippen molar-refractivity contribution in [3.05, 3.63) is 36.0 Å². The maximum Gasteiger partial charge on any atom is 0.240 e. The minimum atomic E-state index is -0.781. The number of rotatable bonds is 3. The zero-order chi connectivity index (χ0) is 19.7. The summed E-state index contributed by atoms with van der Waals surface area (Å²) >= 11 is 0. The number of fused-ring (bicyclic) bond motifs is 6. The van der Waals surface area contributed by atoms with E-state index in [0.717, 1.165) is 0 Å². The maximum atomic E-state index is 13.5.